The third-order valence-corrected chi connectivity index (χ3v) is 3.46. The molecule has 2 N–H and O–H groups in total. The van der Waals surface area contributed by atoms with Crippen LogP contribution in [0, 0.1) is 0 Å². The molecule has 0 bridgehead atoms. The minimum absolute atomic E-state index is 0.0511. The fraction of sp³-hybridized carbons (Fsp3) is 0.636. The minimum Gasteiger partial charge on any atom is -0.368 e. The van der Waals surface area contributed by atoms with Crippen molar-refractivity contribution in [1.29, 1.82) is 0 Å². The Morgan fingerprint density at radius 1 is 1.41 bits per heavy atom. The fourth-order valence-electron chi connectivity index (χ4n) is 2.50. The van der Waals surface area contributed by atoms with Crippen molar-refractivity contribution in [2.24, 2.45) is 0 Å². The first kappa shape index (κ1) is 10.6. The zero-order valence-corrected chi connectivity index (χ0v) is 9.49. The standard InChI is InChI=1S/C11H15N3O3/c15-10-7-3-4-14(6-8(7)12-13-10)11(16)9-2-1-5-17-9/h9H,1-6H2,(H2,12,13,15). The number of hydrogen-bond donors (Lipinski definition) is 2. The van der Waals surface area contributed by atoms with Gasteiger partial charge in [-0.25, -0.2) is 0 Å². The van der Waals surface area contributed by atoms with Crippen molar-refractivity contribution in [3.63, 3.8) is 0 Å². The van der Waals surface area contributed by atoms with Crippen molar-refractivity contribution >= 4 is 5.91 Å². The van der Waals surface area contributed by atoms with Crippen LogP contribution in [0.25, 0.3) is 0 Å². The molecular formula is C11H15N3O3. The van der Waals surface area contributed by atoms with Crippen LogP contribution in [0.4, 0.5) is 0 Å². The average molecular weight is 237 g/mol. The Hall–Kier alpha value is -1.56. The molecule has 1 unspecified atom stereocenters. The van der Waals surface area contributed by atoms with Crippen LogP contribution in [0.1, 0.15) is 24.1 Å². The topological polar surface area (TPSA) is 78.2 Å². The number of carbonyl (C=O) groups is 1. The number of aromatic amines is 2. The number of nitrogens with zero attached hydrogens (tertiary/aromatic N) is 1. The number of aromatic nitrogens is 2. The molecule has 1 aromatic heterocycles. The van der Waals surface area contributed by atoms with Crippen molar-refractivity contribution in [1.82, 2.24) is 15.1 Å². The van der Waals surface area contributed by atoms with Gasteiger partial charge in [0.1, 0.15) is 6.10 Å². The first-order chi connectivity index (χ1) is 8.25. The van der Waals surface area contributed by atoms with Crippen LogP contribution in [0.5, 0.6) is 0 Å². The van der Waals surface area contributed by atoms with E-state index < -0.39 is 0 Å². The quantitative estimate of drug-likeness (QED) is 0.708. The van der Waals surface area contributed by atoms with Crippen LogP contribution >= 0.6 is 0 Å². The molecule has 0 aromatic carbocycles. The molecule has 3 heterocycles. The van der Waals surface area contributed by atoms with Crippen molar-refractivity contribution < 1.29 is 9.53 Å². The molecule has 1 amide bonds. The van der Waals surface area contributed by atoms with Crippen LogP contribution in [0.15, 0.2) is 4.79 Å². The van der Waals surface area contributed by atoms with Crippen LogP contribution < -0.4 is 5.56 Å². The lowest BCUT2D eigenvalue weighted by molar-refractivity contribution is -0.141. The Labute approximate surface area is 97.9 Å². The lowest BCUT2D eigenvalue weighted by Crippen LogP contribution is -2.42. The fourth-order valence-corrected chi connectivity index (χ4v) is 2.50. The van der Waals surface area contributed by atoms with Gasteiger partial charge in [-0.1, -0.05) is 0 Å². The molecule has 0 radical (unpaired) electrons. The lowest BCUT2D eigenvalue weighted by atomic mass is 10.1. The summed E-state index contributed by atoms with van der Waals surface area (Å²) < 4.78 is 5.39. The van der Waals surface area contributed by atoms with Crippen LogP contribution in [0.2, 0.25) is 0 Å². The van der Waals surface area contributed by atoms with E-state index in [1.165, 1.54) is 0 Å². The van der Waals surface area contributed by atoms with Gasteiger partial charge in [0.25, 0.3) is 11.5 Å². The Morgan fingerprint density at radius 2 is 2.29 bits per heavy atom. The highest BCUT2D eigenvalue weighted by molar-refractivity contribution is 5.81. The number of ether oxygens (including phenoxy) is 1. The number of rotatable bonds is 1. The van der Waals surface area contributed by atoms with Gasteiger partial charge in [0.2, 0.25) is 0 Å². The van der Waals surface area contributed by atoms with E-state index in [1.807, 2.05) is 0 Å². The number of hydrogen-bond acceptors (Lipinski definition) is 3. The van der Waals surface area contributed by atoms with Crippen LogP contribution in [-0.4, -0.2) is 40.3 Å². The molecule has 17 heavy (non-hydrogen) atoms. The van der Waals surface area contributed by atoms with Gasteiger partial charge in [-0.15, -0.1) is 0 Å². The molecule has 1 saturated heterocycles. The average Bonchev–Trinajstić information content (AvgIpc) is 2.98. The summed E-state index contributed by atoms with van der Waals surface area (Å²) in [7, 11) is 0. The van der Waals surface area contributed by atoms with Crippen molar-refractivity contribution in [2.75, 3.05) is 13.2 Å². The number of fused-ring (bicyclic) bond motifs is 1. The van der Waals surface area contributed by atoms with Crippen molar-refractivity contribution in [3.05, 3.63) is 21.6 Å². The van der Waals surface area contributed by atoms with E-state index in [0.29, 0.717) is 26.1 Å². The monoisotopic (exact) mass is 237 g/mol. The molecule has 1 aromatic rings. The van der Waals surface area contributed by atoms with Crippen molar-refractivity contribution in [2.45, 2.75) is 31.9 Å². The molecule has 2 aliphatic rings. The van der Waals surface area contributed by atoms with Gasteiger partial charge in [-0.05, 0) is 19.3 Å². The van der Waals surface area contributed by atoms with E-state index in [2.05, 4.69) is 10.2 Å². The maximum Gasteiger partial charge on any atom is 0.267 e. The summed E-state index contributed by atoms with van der Waals surface area (Å²) >= 11 is 0. The summed E-state index contributed by atoms with van der Waals surface area (Å²) in [5.41, 5.74) is 1.54. The van der Waals surface area contributed by atoms with Crippen molar-refractivity contribution in [3.8, 4) is 0 Å². The smallest absolute Gasteiger partial charge is 0.267 e. The lowest BCUT2D eigenvalue weighted by Gasteiger charge is -2.28. The molecule has 1 fully saturated rings. The van der Waals surface area contributed by atoms with Gasteiger partial charge < -0.3 is 14.7 Å². The highest BCUT2D eigenvalue weighted by atomic mass is 16.5. The SMILES string of the molecule is O=C(C1CCCO1)N1CCc2c([nH][nH]c2=O)C1. The Kier molecular flexibility index (Phi) is 2.51. The second-order valence-electron chi connectivity index (χ2n) is 4.55. The zero-order chi connectivity index (χ0) is 11.8. The number of carbonyl (C=O) groups excluding carboxylic acids is 1. The first-order valence-electron chi connectivity index (χ1n) is 5.94. The predicted molar refractivity (Wildman–Crippen MR) is 59.5 cm³/mol. The predicted octanol–water partition coefficient (Wildman–Crippen LogP) is -0.233. The molecule has 6 heteroatoms. The second kappa shape index (κ2) is 4.03. The van der Waals surface area contributed by atoms with Gasteiger partial charge in [0, 0.05) is 18.7 Å². The third-order valence-electron chi connectivity index (χ3n) is 3.46. The molecule has 2 aliphatic heterocycles. The first-order valence-corrected chi connectivity index (χ1v) is 5.94. The zero-order valence-electron chi connectivity index (χ0n) is 9.49. The van der Waals surface area contributed by atoms with Crippen LogP contribution in [0.3, 0.4) is 0 Å². The van der Waals surface area contributed by atoms with Gasteiger partial charge in [-0.3, -0.25) is 14.7 Å². The van der Waals surface area contributed by atoms with E-state index in [1.54, 1.807) is 4.90 Å². The van der Waals surface area contributed by atoms with Crippen LogP contribution in [-0.2, 0) is 22.5 Å². The van der Waals surface area contributed by atoms with Gasteiger partial charge in [0.15, 0.2) is 0 Å². The molecular weight excluding hydrogens is 222 g/mol. The maximum absolute atomic E-state index is 12.1. The molecule has 0 spiro atoms. The van der Waals surface area contributed by atoms with E-state index in [9.17, 15) is 9.59 Å². The highest BCUT2D eigenvalue weighted by Gasteiger charge is 2.31. The van der Waals surface area contributed by atoms with E-state index in [-0.39, 0.29) is 17.6 Å². The summed E-state index contributed by atoms with van der Waals surface area (Å²) in [4.78, 5) is 25.3. The molecule has 0 saturated carbocycles. The Morgan fingerprint density at radius 3 is 3.06 bits per heavy atom. The summed E-state index contributed by atoms with van der Waals surface area (Å²) in [6.45, 7) is 1.76. The summed E-state index contributed by atoms with van der Waals surface area (Å²) in [6, 6.07) is 0. The minimum atomic E-state index is -0.276. The van der Waals surface area contributed by atoms with E-state index in [0.717, 1.165) is 24.1 Å². The molecule has 1 atom stereocenters. The van der Waals surface area contributed by atoms with Gasteiger partial charge in [-0.2, -0.15) is 0 Å². The number of H-pyrrole nitrogens is 2. The Bertz CT molecular complexity index is 484. The van der Waals surface area contributed by atoms with Gasteiger partial charge >= 0.3 is 0 Å². The van der Waals surface area contributed by atoms with E-state index >= 15 is 0 Å². The largest absolute Gasteiger partial charge is 0.368 e. The molecule has 0 aliphatic carbocycles. The van der Waals surface area contributed by atoms with Gasteiger partial charge in [0.05, 0.1) is 12.2 Å². The maximum atomic E-state index is 12.1. The summed E-state index contributed by atoms with van der Waals surface area (Å²) in [5, 5.41) is 5.39. The molecule has 6 nitrogen and oxygen atoms in total. The molecule has 92 valence electrons. The normalized spacial score (nSPS) is 23.8. The second-order valence-corrected chi connectivity index (χ2v) is 4.55. The molecule has 3 rings (SSSR count). The summed E-state index contributed by atoms with van der Waals surface area (Å²) in [5.74, 6) is 0.0511. The highest BCUT2D eigenvalue weighted by Crippen LogP contribution is 2.19. The number of nitrogens with one attached hydrogen (secondary N) is 2. The number of amides is 1. The Balaban J connectivity index is 1.75. The third kappa shape index (κ3) is 1.78. The summed E-state index contributed by atoms with van der Waals surface area (Å²) in [6.07, 6.45) is 2.11. The van der Waals surface area contributed by atoms with E-state index in [4.69, 9.17) is 4.74 Å².